The molecule has 3 rings (SSSR count). The maximum absolute atomic E-state index is 11.8. The highest BCUT2D eigenvalue weighted by Crippen LogP contribution is 2.18. The largest absolute Gasteiger partial charge is 0.368 e. The fraction of sp³-hybridized carbons (Fsp3) is 0.611. The summed E-state index contributed by atoms with van der Waals surface area (Å²) in [5.74, 6) is 0.0735. The fourth-order valence-corrected chi connectivity index (χ4v) is 3.32. The first-order valence-electron chi connectivity index (χ1n) is 8.51. The molecule has 0 aliphatic carbocycles. The molecule has 1 amide bonds. The standard InChI is InChI=1S/C18H26N2O2/c21-18(17-8-5-13-22-17)19-10-3-4-11-20-12-9-15-6-1-2-7-16(15)14-20/h1-2,6-7,17H,3-5,8-14H2,(H,19,21). The van der Waals surface area contributed by atoms with Crippen molar-refractivity contribution in [2.75, 3.05) is 26.2 Å². The van der Waals surface area contributed by atoms with E-state index >= 15 is 0 Å². The van der Waals surface area contributed by atoms with Gasteiger partial charge in [-0.1, -0.05) is 24.3 Å². The number of nitrogens with zero attached hydrogens (tertiary/aromatic N) is 1. The summed E-state index contributed by atoms with van der Waals surface area (Å²) in [6.07, 6.45) is 5.02. The lowest BCUT2D eigenvalue weighted by molar-refractivity contribution is -0.130. The van der Waals surface area contributed by atoms with Crippen molar-refractivity contribution >= 4 is 5.91 Å². The SMILES string of the molecule is O=C(NCCCCN1CCc2ccccc2C1)C1CCCO1. The first kappa shape index (κ1) is 15.5. The molecule has 2 aliphatic heterocycles. The Morgan fingerprint density at radius 2 is 2.14 bits per heavy atom. The number of nitrogens with one attached hydrogen (secondary N) is 1. The predicted octanol–water partition coefficient (Wildman–Crippen LogP) is 2.12. The lowest BCUT2D eigenvalue weighted by atomic mass is 10.00. The summed E-state index contributed by atoms with van der Waals surface area (Å²) in [5.41, 5.74) is 2.98. The normalized spacial score (nSPS) is 21.5. The summed E-state index contributed by atoms with van der Waals surface area (Å²) >= 11 is 0. The smallest absolute Gasteiger partial charge is 0.249 e. The maximum Gasteiger partial charge on any atom is 0.249 e. The molecule has 1 aromatic carbocycles. The zero-order valence-electron chi connectivity index (χ0n) is 13.2. The Bertz CT molecular complexity index is 498. The van der Waals surface area contributed by atoms with Crippen LogP contribution in [0.1, 0.15) is 36.8 Å². The number of rotatable bonds is 6. The molecule has 0 spiro atoms. The van der Waals surface area contributed by atoms with E-state index in [4.69, 9.17) is 4.74 Å². The molecule has 120 valence electrons. The second kappa shape index (κ2) is 7.75. The molecule has 1 N–H and O–H groups in total. The number of benzene rings is 1. The number of amides is 1. The molecular weight excluding hydrogens is 276 g/mol. The van der Waals surface area contributed by atoms with Crippen molar-refractivity contribution in [2.24, 2.45) is 0 Å². The number of fused-ring (bicyclic) bond motifs is 1. The highest BCUT2D eigenvalue weighted by Gasteiger charge is 2.22. The number of unbranched alkanes of at least 4 members (excludes halogenated alkanes) is 1. The highest BCUT2D eigenvalue weighted by atomic mass is 16.5. The molecule has 0 radical (unpaired) electrons. The molecule has 2 aliphatic rings. The fourth-order valence-electron chi connectivity index (χ4n) is 3.32. The molecule has 1 aromatic rings. The van der Waals surface area contributed by atoms with E-state index in [1.54, 1.807) is 0 Å². The van der Waals surface area contributed by atoms with Crippen molar-refractivity contribution in [3.8, 4) is 0 Å². The maximum atomic E-state index is 11.8. The summed E-state index contributed by atoms with van der Waals surface area (Å²) in [5, 5.41) is 3.00. The first-order chi connectivity index (χ1) is 10.8. The number of carbonyl (C=O) groups excluding carboxylic acids is 1. The Kier molecular flexibility index (Phi) is 5.46. The van der Waals surface area contributed by atoms with Crippen molar-refractivity contribution in [2.45, 2.75) is 44.8 Å². The summed E-state index contributed by atoms with van der Waals surface area (Å²) in [4.78, 5) is 14.3. The highest BCUT2D eigenvalue weighted by molar-refractivity contribution is 5.80. The van der Waals surface area contributed by atoms with Crippen LogP contribution in [0.2, 0.25) is 0 Å². The lowest BCUT2D eigenvalue weighted by Gasteiger charge is -2.28. The summed E-state index contributed by atoms with van der Waals surface area (Å²) < 4.78 is 5.38. The Labute approximate surface area is 132 Å². The Morgan fingerprint density at radius 3 is 2.95 bits per heavy atom. The van der Waals surface area contributed by atoms with Gasteiger partial charge in [0.15, 0.2) is 0 Å². The summed E-state index contributed by atoms with van der Waals surface area (Å²) in [7, 11) is 0. The molecule has 1 unspecified atom stereocenters. The van der Waals surface area contributed by atoms with Gasteiger partial charge in [0.25, 0.3) is 0 Å². The van der Waals surface area contributed by atoms with Gasteiger partial charge in [-0.3, -0.25) is 9.69 Å². The third-order valence-corrected chi connectivity index (χ3v) is 4.63. The van der Waals surface area contributed by atoms with Crippen LogP contribution in [0.15, 0.2) is 24.3 Å². The van der Waals surface area contributed by atoms with Gasteiger partial charge in [-0.15, -0.1) is 0 Å². The van der Waals surface area contributed by atoms with Gasteiger partial charge in [-0.2, -0.15) is 0 Å². The topological polar surface area (TPSA) is 41.6 Å². The number of carbonyl (C=O) groups is 1. The summed E-state index contributed by atoms with van der Waals surface area (Å²) in [6, 6.07) is 8.74. The molecule has 1 atom stereocenters. The van der Waals surface area contributed by atoms with Gasteiger partial charge in [0.1, 0.15) is 6.10 Å². The van der Waals surface area contributed by atoms with Crippen LogP contribution >= 0.6 is 0 Å². The Hall–Kier alpha value is -1.39. The molecule has 1 fully saturated rings. The van der Waals surface area contributed by atoms with E-state index in [1.165, 1.54) is 11.1 Å². The van der Waals surface area contributed by atoms with Crippen molar-refractivity contribution in [1.82, 2.24) is 10.2 Å². The molecule has 1 saturated heterocycles. The monoisotopic (exact) mass is 302 g/mol. The zero-order chi connectivity index (χ0) is 15.2. The molecule has 0 aromatic heterocycles. The van der Waals surface area contributed by atoms with Crippen LogP contribution in [-0.4, -0.2) is 43.2 Å². The van der Waals surface area contributed by atoms with Gasteiger partial charge in [-0.25, -0.2) is 0 Å². The third-order valence-electron chi connectivity index (χ3n) is 4.63. The van der Waals surface area contributed by atoms with Crippen LogP contribution < -0.4 is 5.32 Å². The lowest BCUT2D eigenvalue weighted by Crippen LogP contribution is -2.35. The van der Waals surface area contributed by atoms with Crippen molar-refractivity contribution in [1.29, 1.82) is 0 Å². The van der Waals surface area contributed by atoms with Crippen LogP contribution in [0, 0.1) is 0 Å². The summed E-state index contributed by atoms with van der Waals surface area (Å²) in [6.45, 7) is 4.83. The molecule has 2 heterocycles. The minimum atomic E-state index is -0.196. The molecule has 22 heavy (non-hydrogen) atoms. The van der Waals surface area contributed by atoms with E-state index in [0.717, 1.165) is 64.9 Å². The minimum absolute atomic E-state index is 0.0735. The van der Waals surface area contributed by atoms with Crippen LogP contribution in [0.3, 0.4) is 0 Å². The zero-order valence-corrected chi connectivity index (χ0v) is 13.2. The third kappa shape index (κ3) is 4.08. The van der Waals surface area contributed by atoms with Gasteiger partial charge in [-0.05, 0) is 49.8 Å². The quantitative estimate of drug-likeness (QED) is 0.819. The Morgan fingerprint density at radius 1 is 1.27 bits per heavy atom. The second-order valence-corrected chi connectivity index (χ2v) is 6.29. The molecular formula is C18H26N2O2. The van der Waals surface area contributed by atoms with E-state index < -0.39 is 0 Å². The van der Waals surface area contributed by atoms with Gasteiger partial charge >= 0.3 is 0 Å². The van der Waals surface area contributed by atoms with Gasteiger partial charge in [0, 0.05) is 26.2 Å². The molecule has 4 nitrogen and oxygen atoms in total. The molecule has 4 heteroatoms. The van der Waals surface area contributed by atoms with Crippen LogP contribution in [0.5, 0.6) is 0 Å². The van der Waals surface area contributed by atoms with Crippen LogP contribution in [0.4, 0.5) is 0 Å². The average molecular weight is 302 g/mol. The van der Waals surface area contributed by atoms with E-state index in [-0.39, 0.29) is 12.0 Å². The van der Waals surface area contributed by atoms with Crippen molar-refractivity contribution < 1.29 is 9.53 Å². The van der Waals surface area contributed by atoms with Crippen molar-refractivity contribution in [3.05, 3.63) is 35.4 Å². The average Bonchev–Trinajstić information content (AvgIpc) is 3.09. The minimum Gasteiger partial charge on any atom is -0.368 e. The van der Waals surface area contributed by atoms with Gasteiger partial charge < -0.3 is 10.1 Å². The molecule has 0 bridgehead atoms. The van der Waals surface area contributed by atoms with Gasteiger partial charge in [0.05, 0.1) is 0 Å². The number of hydrogen-bond donors (Lipinski definition) is 1. The second-order valence-electron chi connectivity index (χ2n) is 6.29. The van der Waals surface area contributed by atoms with E-state index in [2.05, 4.69) is 34.5 Å². The van der Waals surface area contributed by atoms with E-state index in [9.17, 15) is 4.79 Å². The van der Waals surface area contributed by atoms with E-state index in [0.29, 0.717) is 0 Å². The Balaban J connectivity index is 1.30. The van der Waals surface area contributed by atoms with Crippen molar-refractivity contribution in [3.63, 3.8) is 0 Å². The number of ether oxygens (including phenoxy) is 1. The van der Waals surface area contributed by atoms with E-state index in [1.807, 2.05) is 0 Å². The van der Waals surface area contributed by atoms with Crippen LogP contribution in [0.25, 0.3) is 0 Å². The predicted molar refractivity (Wildman–Crippen MR) is 86.6 cm³/mol. The first-order valence-corrected chi connectivity index (χ1v) is 8.51. The van der Waals surface area contributed by atoms with Crippen LogP contribution in [-0.2, 0) is 22.5 Å². The number of hydrogen-bond acceptors (Lipinski definition) is 3. The molecule has 0 saturated carbocycles. The van der Waals surface area contributed by atoms with Gasteiger partial charge in [0.2, 0.25) is 5.91 Å².